The molecule has 1 aliphatic rings. The second-order valence-corrected chi connectivity index (χ2v) is 7.26. The summed E-state index contributed by atoms with van der Waals surface area (Å²) >= 11 is 1.41. The smallest absolute Gasteiger partial charge is 0.272 e. The van der Waals surface area contributed by atoms with E-state index >= 15 is 0 Å². The summed E-state index contributed by atoms with van der Waals surface area (Å²) in [5.74, 6) is 0.406. The molecule has 3 rings (SSSR count). The Balaban J connectivity index is 1.83. The molecule has 1 amide bonds. The lowest BCUT2D eigenvalue weighted by Crippen LogP contribution is -2.36. The van der Waals surface area contributed by atoms with E-state index in [4.69, 9.17) is 5.73 Å². The lowest BCUT2D eigenvalue weighted by atomic mass is 10.0. The van der Waals surface area contributed by atoms with Crippen LogP contribution in [-0.2, 0) is 19.5 Å². The third-order valence-corrected chi connectivity index (χ3v) is 5.00. The van der Waals surface area contributed by atoms with E-state index in [1.54, 1.807) is 16.9 Å². The third-order valence-electron chi connectivity index (χ3n) is 3.96. The van der Waals surface area contributed by atoms with Gasteiger partial charge in [-0.3, -0.25) is 9.48 Å². The molecule has 2 N–H and O–H groups in total. The van der Waals surface area contributed by atoms with Crippen LogP contribution in [-0.4, -0.2) is 27.1 Å². The fourth-order valence-electron chi connectivity index (χ4n) is 2.89. The average molecular weight is 329 g/mol. The number of anilines is 1. The molecular formula is C16H19N5OS. The zero-order valence-corrected chi connectivity index (χ0v) is 14.1. The molecule has 0 aromatic carbocycles. The van der Waals surface area contributed by atoms with Crippen LogP contribution in [0.25, 0.3) is 0 Å². The van der Waals surface area contributed by atoms with Gasteiger partial charge in [-0.15, -0.1) is 11.3 Å². The summed E-state index contributed by atoms with van der Waals surface area (Å²) in [5.41, 5.74) is 8.12. The van der Waals surface area contributed by atoms with Gasteiger partial charge in [0.15, 0.2) is 0 Å². The number of nitriles is 1. The minimum Gasteiger partial charge on any atom is -0.389 e. The van der Waals surface area contributed by atoms with Gasteiger partial charge < -0.3 is 10.6 Å². The van der Waals surface area contributed by atoms with Gasteiger partial charge in [-0.1, -0.05) is 13.8 Å². The number of thiophene rings is 1. The van der Waals surface area contributed by atoms with Crippen LogP contribution in [0.2, 0.25) is 0 Å². The van der Waals surface area contributed by atoms with Gasteiger partial charge in [0.25, 0.3) is 5.91 Å². The standard InChI is InChI=1S/C16H19N5OS/c1-10(2)8-21-13(3-5-19-21)16(22)20-6-4-11-12(7-17)15(18)23-14(11)9-20/h3,5,10H,4,6,8-9,18H2,1-2H3. The first kappa shape index (κ1) is 15.6. The number of nitrogen functional groups attached to an aromatic ring is 1. The topological polar surface area (TPSA) is 87.9 Å². The Bertz CT molecular complexity index is 783. The molecule has 1 aliphatic heterocycles. The van der Waals surface area contributed by atoms with E-state index < -0.39 is 0 Å². The molecule has 3 heterocycles. The minimum absolute atomic E-state index is 0.0146. The molecule has 120 valence electrons. The van der Waals surface area contributed by atoms with Crippen molar-refractivity contribution in [3.8, 4) is 6.07 Å². The Labute approximate surface area is 139 Å². The van der Waals surface area contributed by atoms with Gasteiger partial charge in [0.2, 0.25) is 0 Å². The Kier molecular flexibility index (Phi) is 4.09. The van der Waals surface area contributed by atoms with Crippen LogP contribution < -0.4 is 5.73 Å². The van der Waals surface area contributed by atoms with Crippen molar-refractivity contribution in [1.29, 1.82) is 5.26 Å². The Morgan fingerprint density at radius 3 is 3.04 bits per heavy atom. The maximum absolute atomic E-state index is 12.8. The molecule has 0 radical (unpaired) electrons. The molecular weight excluding hydrogens is 310 g/mol. The molecule has 7 heteroatoms. The highest BCUT2D eigenvalue weighted by Gasteiger charge is 2.28. The van der Waals surface area contributed by atoms with Gasteiger partial charge in [-0.2, -0.15) is 10.4 Å². The van der Waals surface area contributed by atoms with Crippen molar-refractivity contribution in [2.24, 2.45) is 5.92 Å². The van der Waals surface area contributed by atoms with E-state index in [1.807, 2.05) is 4.90 Å². The SMILES string of the molecule is CC(C)Cn1nccc1C(=O)N1CCc2c(sc(N)c2C#N)C1. The third kappa shape index (κ3) is 2.82. The maximum Gasteiger partial charge on any atom is 0.272 e. The first-order chi connectivity index (χ1) is 11.0. The van der Waals surface area contributed by atoms with Crippen LogP contribution in [0.1, 0.15) is 40.3 Å². The summed E-state index contributed by atoms with van der Waals surface area (Å²) in [4.78, 5) is 15.6. The van der Waals surface area contributed by atoms with Crippen molar-refractivity contribution >= 4 is 22.2 Å². The fraction of sp³-hybridized carbons (Fsp3) is 0.438. The monoisotopic (exact) mass is 329 g/mol. The first-order valence-electron chi connectivity index (χ1n) is 7.62. The van der Waals surface area contributed by atoms with Crippen LogP contribution in [0.5, 0.6) is 0 Å². The number of carbonyl (C=O) groups is 1. The highest BCUT2D eigenvalue weighted by atomic mass is 32.1. The predicted octanol–water partition coefficient (Wildman–Crippen LogP) is 2.25. The number of nitrogens with zero attached hydrogens (tertiary/aromatic N) is 4. The summed E-state index contributed by atoms with van der Waals surface area (Å²) < 4.78 is 1.77. The molecule has 2 aromatic rings. The molecule has 0 spiro atoms. The number of amides is 1. The van der Waals surface area contributed by atoms with Gasteiger partial charge in [-0.05, 0) is 24.0 Å². The van der Waals surface area contributed by atoms with Gasteiger partial charge in [0.1, 0.15) is 16.8 Å². The lowest BCUT2D eigenvalue weighted by Gasteiger charge is -2.27. The molecule has 23 heavy (non-hydrogen) atoms. The van der Waals surface area contributed by atoms with Crippen LogP contribution in [0, 0.1) is 17.2 Å². The number of fused-ring (bicyclic) bond motifs is 1. The van der Waals surface area contributed by atoms with E-state index in [0.717, 1.165) is 17.0 Å². The van der Waals surface area contributed by atoms with E-state index in [2.05, 4.69) is 25.0 Å². The number of carbonyl (C=O) groups excluding carboxylic acids is 1. The van der Waals surface area contributed by atoms with Crippen LogP contribution in [0.3, 0.4) is 0 Å². The van der Waals surface area contributed by atoms with Gasteiger partial charge in [-0.25, -0.2) is 0 Å². The number of aromatic nitrogens is 2. The number of nitrogens with two attached hydrogens (primary N) is 1. The summed E-state index contributed by atoms with van der Waals surface area (Å²) in [6, 6.07) is 3.94. The van der Waals surface area contributed by atoms with Crippen molar-refractivity contribution in [2.45, 2.75) is 33.4 Å². The molecule has 0 saturated carbocycles. The van der Waals surface area contributed by atoms with E-state index in [0.29, 0.717) is 41.7 Å². The Morgan fingerprint density at radius 2 is 2.35 bits per heavy atom. The number of hydrogen-bond donors (Lipinski definition) is 1. The number of rotatable bonds is 3. The zero-order chi connectivity index (χ0) is 16.6. The maximum atomic E-state index is 12.8. The van der Waals surface area contributed by atoms with Crippen molar-refractivity contribution in [2.75, 3.05) is 12.3 Å². The molecule has 6 nitrogen and oxygen atoms in total. The second-order valence-electron chi connectivity index (χ2n) is 6.12. The lowest BCUT2D eigenvalue weighted by molar-refractivity contribution is 0.0723. The van der Waals surface area contributed by atoms with Crippen LogP contribution >= 0.6 is 11.3 Å². The molecule has 0 saturated heterocycles. The normalized spacial score (nSPS) is 13.9. The van der Waals surface area contributed by atoms with E-state index in [-0.39, 0.29) is 5.91 Å². The van der Waals surface area contributed by atoms with Crippen molar-refractivity contribution in [3.05, 3.63) is 34.0 Å². The summed E-state index contributed by atoms with van der Waals surface area (Å²) in [5, 5.41) is 14.0. The molecule has 0 unspecified atom stereocenters. The zero-order valence-electron chi connectivity index (χ0n) is 13.2. The van der Waals surface area contributed by atoms with Gasteiger partial charge in [0, 0.05) is 24.2 Å². The summed E-state index contributed by atoms with van der Waals surface area (Å²) in [7, 11) is 0. The molecule has 0 fully saturated rings. The highest BCUT2D eigenvalue weighted by Crippen LogP contribution is 2.34. The van der Waals surface area contributed by atoms with Crippen molar-refractivity contribution in [1.82, 2.24) is 14.7 Å². The Morgan fingerprint density at radius 1 is 1.57 bits per heavy atom. The van der Waals surface area contributed by atoms with E-state index in [9.17, 15) is 10.1 Å². The minimum atomic E-state index is -0.0146. The van der Waals surface area contributed by atoms with Gasteiger partial charge >= 0.3 is 0 Å². The Hall–Kier alpha value is -2.33. The molecule has 0 bridgehead atoms. The predicted molar refractivity (Wildman–Crippen MR) is 89.0 cm³/mol. The first-order valence-corrected chi connectivity index (χ1v) is 8.44. The van der Waals surface area contributed by atoms with E-state index in [1.165, 1.54) is 11.3 Å². The van der Waals surface area contributed by atoms with Crippen LogP contribution in [0.15, 0.2) is 12.3 Å². The van der Waals surface area contributed by atoms with Gasteiger partial charge in [0.05, 0.1) is 12.1 Å². The molecule has 2 aromatic heterocycles. The summed E-state index contributed by atoms with van der Waals surface area (Å²) in [6.45, 7) is 6.03. The van der Waals surface area contributed by atoms with Crippen molar-refractivity contribution < 1.29 is 4.79 Å². The molecule has 0 atom stereocenters. The highest BCUT2D eigenvalue weighted by molar-refractivity contribution is 7.16. The summed E-state index contributed by atoms with van der Waals surface area (Å²) in [6.07, 6.45) is 2.35. The molecule has 0 aliphatic carbocycles. The number of hydrogen-bond acceptors (Lipinski definition) is 5. The van der Waals surface area contributed by atoms with Crippen molar-refractivity contribution in [3.63, 3.8) is 0 Å². The fourth-order valence-corrected chi connectivity index (χ4v) is 3.97. The van der Waals surface area contributed by atoms with Crippen LogP contribution in [0.4, 0.5) is 5.00 Å². The second kappa shape index (κ2) is 6.05. The quantitative estimate of drug-likeness (QED) is 0.935. The average Bonchev–Trinajstić information content (AvgIpc) is 3.08. The largest absolute Gasteiger partial charge is 0.389 e.